The van der Waals surface area contributed by atoms with E-state index in [9.17, 15) is 14.4 Å². The number of fused-ring (bicyclic) bond motifs is 1. The van der Waals surface area contributed by atoms with Crippen molar-refractivity contribution < 1.29 is 14.3 Å². The lowest BCUT2D eigenvalue weighted by molar-refractivity contribution is -0.152. The summed E-state index contributed by atoms with van der Waals surface area (Å²) in [6.45, 7) is 1.48. The second kappa shape index (κ2) is 7.64. The van der Waals surface area contributed by atoms with E-state index in [1.807, 2.05) is 16.8 Å². The highest BCUT2D eigenvalue weighted by atomic mass is 16.6. The van der Waals surface area contributed by atoms with Crippen LogP contribution in [0.2, 0.25) is 0 Å². The number of likely N-dealkylation sites (tertiary alicyclic amines) is 1. The summed E-state index contributed by atoms with van der Waals surface area (Å²) in [5, 5.41) is 0.494. The molecule has 1 unspecified atom stereocenters. The molecule has 2 aromatic heterocycles. The highest BCUT2D eigenvalue weighted by Gasteiger charge is 2.50. The highest BCUT2D eigenvalue weighted by Crippen LogP contribution is 2.43. The van der Waals surface area contributed by atoms with Crippen LogP contribution in [0.4, 0.5) is 0 Å². The minimum atomic E-state index is -0.524. The van der Waals surface area contributed by atoms with Crippen molar-refractivity contribution in [3.63, 3.8) is 0 Å². The summed E-state index contributed by atoms with van der Waals surface area (Å²) in [4.78, 5) is 48.1. The van der Waals surface area contributed by atoms with Crippen molar-refractivity contribution in [1.82, 2.24) is 24.0 Å². The van der Waals surface area contributed by atoms with Gasteiger partial charge in [-0.2, -0.15) is 0 Å². The first-order valence-electron chi connectivity index (χ1n) is 10.4. The van der Waals surface area contributed by atoms with Gasteiger partial charge in [-0.25, -0.2) is 9.97 Å². The summed E-state index contributed by atoms with van der Waals surface area (Å²) in [5.41, 5.74) is -0.140. The van der Waals surface area contributed by atoms with Crippen molar-refractivity contribution in [2.75, 3.05) is 13.1 Å². The highest BCUT2D eigenvalue weighted by molar-refractivity contribution is 5.81. The van der Waals surface area contributed by atoms with E-state index in [0.717, 1.165) is 0 Å². The third-order valence-corrected chi connectivity index (χ3v) is 6.41. The number of nitrogens with zero attached hydrogens (tertiary/aromatic N) is 5. The van der Waals surface area contributed by atoms with E-state index in [1.165, 1.54) is 10.9 Å². The van der Waals surface area contributed by atoms with Gasteiger partial charge in [-0.15, -0.1) is 0 Å². The average Bonchev–Trinajstić information content (AvgIpc) is 3.39. The molecule has 1 spiro atoms. The molecular formula is C22H23N5O4. The van der Waals surface area contributed by atoms with Crippen LogP contribution >= 0.6 is 0 Å². The van der Waals surface area contributed by atoms with Gasteiger partial charge in [0, 0.05) is 31.9 Å². The third-order valence-electron chi connectivity index (χ3n) is 6.41. The molecule has 0 saturated carbocycles. The maximum Gasteiger partial charge on any atom is 0.312 e. The summed E-state index contributed by atoms with van der Waals surface area (Å²) >= 11 is 0. The predicted octanol–water partition coefficient (Wildman–Crippen LogP) is 1.22. The topological polar surface area (TPSA) is 99.3 Å². The number of carbonyl (C=O) groups excluding carboxylic acids is 2. The molecule has 0 N–H and O–H groups in total. The van der Waals surface area contributed by atoms with Gasteiger partial charge in [-0.1, -0.05) is 12.1 Å². The molecule has 9 heteroatoms. The molecule has 31 heavy (non-hydrogen) atoms. The summed E-state index contributed by atoms with van der Waals surface area (Å²) in [5.74, 6) is -0.310. The number of carbonyl (C=O) groups is 2. The number of ether oxygens (including phenoxy) is 1. The molecule has 3 aromatic rings. The lowest BCUT2D eigenvalue weighted by atomic mass is 9.76. The zero-order chi connectivity index (χ0) is 21.4. The number of para-hydroxylation sites is 1. The monoisotopic (exact) mass is 421 g/mol. The molecule has 1 amide bonds. The van der Waals surface area contributed by atoms with E-state index in [-0.39, 0.29) is 30.1 Å². The molecule has 160 valence electrons. The van der Waals surface area contributed by atoms with Crippen LogP contribution in [0.25, 0.3) is 10.9 Å². The number of aromatic nitrogens is 4. The average molecular weight is 421 g/mol. The Morgan fingerprint density at radius 2 is 1.97 bits per heavy atom. The maximum absolute atomic E-state index is 12.8. The van der Waals surface area contributed by atoms with Crippen molar-refractivity contribution in [3.8, 4) is 0 Å². The number of hydrogen-bond acceptors (Lipinski definition) is 6. The molecule has 0 aliphatic carbocycles. The van der Waals surface area contributed by atoms with Gasteiger partial charge < -0.3 is 14.2 Å². The molecule has 9 nitrogen and oxygen atoms in total. The lowest BCUT2D eigenvalue weighted by Crippen LogP contribution is -2.46. The van der Waals surface area contributed by atoms with Crippen LogP contribution < -0.4 is 5.56 Å². The number of benzene rings is 1. The first-order chi connectivity index (χ1) is 15.0. The minimum Gasteiger partial charge on any atom is -0.460 e. The van der Waals surface area contributed by atoms with Crippen LogP contribution in [0, 0.1) is 5.41 Å². The van der Waals surface area contributed by atoms with Gasteiger partial charge >= 0.3 is 5.97 Å². The molecule has 4 heterocycles. The molecule has 2 fully saturated rings. The predicted molar refractivity (Wildman–Crippen MR) is 111 cm³/mol. The van der Waals surface area contributed by atoms with Gasteiger partial charge in [0.25, 0.3) is 5.56 Å². The Balaban J connectivity index is 1.22. The van der Waals surface area contributed by atoms with E-state index >= 15 is 0 Å². The van der Waals surface area contributed by atoms with E-state index < -0.39 is 5.41 Å². The quantitative estimate of drug-likeness (QED) is 0.588. The molecule has 2 saturated heterocycles. The van der Waals surface area contributed by atoms with Gasteiger partial charge in [-0.3, -0.25) is 19.0 Å². The normalized spacial score (nSPS) is 20.3. The molecule has 5 rings (SSSR count). The Hall–Kier alpha value is -3.49. The number of piperidine rings is 1. The van der Waals surface area contributed by atoms with Gasteiger partial charge in [0.1, 0.15) is 12.6 Å². The number of amides is 1. The Kier molecular flexibility index (Phi) is 4.80. The largest absolute Gasteiger partial charge is 0.460 e. The van der Waals surface area contributed by atoms with Crippen LogP contribution in [-0.2, 0) is 27.4 Å². The molecule has 1 aromatic carbocycles. The van der Waals surface area contributed by atoms with E-state index in [0.29, 0.717) is 49.8 Å². The van der Waals surface area contributed by atoms with Gasteiger partial charge in [-0.05, 0) is 25.0 Å². The molecule has 2 aliphatic rings. The standard InChI is InChI=1S/C22H23N5O4/c28-19(13-27-15-24-18-4-2-1-3-17(18)20(27)29)26-8-5-22(6-9-26)11-16(31-21(22)30)12-25-10-7-23-14-25/h1-4,7,10,14-16H,5-6,8-9,11-13H2. The van der Waals surface area contributed by atoms with Crippen molar-refractivity contribution in [2.24, 2.45) is 5.41 Å². The molecule has 1 atom stereocenters. The number of imidazole rings is 1. The Morgan fingerprint density at radius 1 is 1.16 bits per heavy atom. The fraction of sp³-hybridized carbons (Fsp3) is 0.409. The van der Waals surface area contributed by atoms with E-state index in [4.69, 9.17) is 4.74 Å². The number of esters is 1. The zero-order valence-corrected chi connectivity index (χ0v) is 17.0. The van der Waals surface area contributed by atoms with Crippen molar-refractivity contribution in [1.29, 1.82) is 0 Å². The minimum absolute atomic E-state index is 0.0582. The van der Waals surface area contributed by atoms with Crippen LogP contribution in [0.5, 0.6) is 0 Å². The zero-order valence-electron chi connectivity index (χ0n) is 17.0. The van der Waals surface area contributed by atoms with Crippen LogP contribution in [0.3, 0.4) is 0 Å². The second-order valence-corrected chi connectivity index (χ2v) is 8.35. The SMILES string of the molecule is O=C(Cn1cnc2ccccc2c1=O)N1CCC2(CC1)CC(Cn1ccnc1)OC2=O. The van der Waals surface area contributed by atoms with E-state index in [2.05, 4.69) is 9.97 Å². The lowest BCUT2D eigenvalue weighted by Gasteiger charge is -2.36. The summed E-state index contributed by atoms with van der Waals surface area (Å²) in [6, 6.07) is 7.08. The fourth-order valence-electron chi connectivity index (χ4n) is 4.63. The third kappa shape index (κ3) is 3.60. The van der Waals surface area contributed by atoms with Crippen LogP contribution in [0.15, 0.2) is 54.1 Å². The van der Waals surface area contributed by atoms with Crippen molar-refractivity contribution in [3.05, 3.63) is 59.7 Å². The molecule has 0 bridgehead atoms. The number of rotatable bonds is 4. The first-order valence-corrected chi connectivity index (χ1v) is 10.4. The fourth-order valence-corrected chi connectivity index (χ4v) is 4.63. The van der Waals surface area contributed by atoms with Gasteiger partial charge in [0.05, 0.1) is 35.5 Å². The molecular weight excluding hydrogens is 398 g/mol. The van der Waals surface area contributed by atoms with Gasteiger partial charge in [0.15, 0.2) is 0 Å². The van der Waals surface area contributed by atoms with Crippen LogP contribution in [0.1, 0.15) is 19.3 Å². The Morgan fingerprint density at radius 3 is 2.74 bits per heavy atom. The van der Waals surface area contributed by atoms with Gasteiger partial charge in [0.2, 0.25) is 5.91 Å². The van der Waals surface area contributed by atoms with Crippen molar-refractivity contribution >= 4 is 22.8 Å². The molecule has 0 radical (unpaired) electrons. The maximum atomic E-state index is 12.8. The number of hydrogen-bond donors (Lipinski definition) is 0. The van der Waals surface area contributed by atoms with Crippen molar-refractivity contribution in [2.45, 2.75) is 38.5 Å². The van der Waals surface area contributed by atoms with E-state index in [1.54, 1.807) is 35.6 Å². The molecule has 2 aliphatic heterocycles. The smallest absolute Gasteiger partial charge is 0.312 e. The second-order valence-electron chi connectivity index (χ2n) is 8.35. The summed E-state index contributed by atoms with van der Waals surface area (Å²) in [7, 11) is 0. The first kappa shape index (κ1) is 19.5. The summed E-state index contributed by atoms with van der Waals surface area (Å²) < 4.78 is 8.89. The van der Waals surface area contributed by atoms with Crippen LogP contribution in [-0.4, -0.2) is 55.1 Å². The summed E-state index contributed by atoms with van der Waals surface area (Å²) in [6.07, 6.45) is 8.31. The number of cyclic esters (lactones) is 1. The Bertz CT molecular complexity index is 1180. The Labute approximate surface area is 178 Å².